The molecule has 1 heterocycles. The van der Waals surface area contributed by atoms with Gasteiger partial charge in [-0.2, -0.15) is 0 Å². The highest BCUT2D eigenvalue weighted by Crippen LogP contribution is 2.23. The number of benzene rings is 2. The molecular formula is C37H57FIN3O2. The first kappa shape index (κ1) is 43.1. The minimum absolute atomic E-state index is 0.242. The van der Waals surface area contributed by atoms with E-state index >= 15 is 0 Å². The third-order valence-electron chi connectivity index (χ3n) is 6.30. The van der Waals surface area contributed by atoms with Gasteiger partial charge in [-0.1, -0.05) is 106 Å². The number of hydrogen-bond donors (Lipinski definition) is 1. The summed E-state index contributed by atoms with van der Waals surface area (Å²) in [7, 11) is 1.67. The molecule has 0 aliphatic carbocycles. The molecule has 0 radical (unpaired) electrons. The van der Waals surface area contributed by atoms with Gasteiger partial charge in [0, 0.05) is 47.3 Å². The number of allylic oxidation sites excluding steroid dienone is 5. The van der Waals surface area contributed by atoms with Gasteiger partial charge in [0.2, 0.25) is 6.41 Å². The highest BCUT2D eigenvalue weighted by atomic mass is 127. The second kappa shape index (κ2) is 27.5. The van der Waals surface area contributed by atoms with Crippen LogP contribution in [0.15, 0.2) is 96.3 Å². The van der Waals surface area contributed by atoms with Crippen LogP contribution in [-0.4, -0.2) is 35.9 Å². The smallest absolute Gasteiger partial charge is 0.207 e. The Kier molecular flexibility index (Phi) is 26.9. The molecule has 0 fully saturated rings. The molecule has 1 aliphatic heterocycles. The van der Waals surface area contributed by atoms with Gasteiger partial charge < -0.3 is 19.9 Å². The van der Waals surface area contributed by atoms with E-state index in [1.165, 1.54) is 29.0 Å². The first-order valence-corrected chi connectivity index (χ1v) is 17.1. The van der Waals surface area contributed by atoms with Crippen molar-refractivity contribution >= 4 is 34.7 Å². The average Bonchev–Trinajstić information content (AvgIpc) is 3.06. The van der Waals surface area contributed by atoms with Crippen LogP contribution < -0.4 is 15.0 Å². The molecule has 0 spiro atoms. The fourth-order valence-corrected chi connectivity index (χ4v) is 4.29. The van der Waals surface area contributed by atoms with Crippen LogP contribution in [0.2, 0.25) is 0 Å². The van der Waals surface area contributed by atoms with Gasteiger partial charge in [0.25, 0.3) is 0 Å². The largest absolute Gasteiger partial charge is 0.497 e. The molecule has 0 aromatic heterocycles. The molecular weight excluding hydrogens is 664 g/mol. The summed E-state index contributed by atoms with van der Waals surface area (Å²) in [6, 6.07) is 16.4. The second-order valence-corrected chi connectivity index (χ2v) is 10.4. The lowest BCUT2D eigenvalue weighted by Crippen LogP contribution is -2.26. The molecule has 0 saturated heterocycles. The lowest BCUT2D eigenvalue weighted by atomic mass is 10.1. The summed E-state index contributed by atoms with van der Waals surface area (Å²) in [6.45, 7) is 25.0. The average molecular weight is 722 g/mol. The van der Waals surface area contributed by atoms with Crippen molar-refractivity contribution in [3.05, 3.63) is 107 Å². The van der Waals surface area contributed by atoms with Crippen molar-refractivity contribution in [3.8, 4) is 5.75 Å². The molecule has 0 atom stereocenters. The number of carbonyl (C=O) groups is 1. The highest BCUT2D eigenvalue weighted by Gasteiger charge is 2.11. The third-order valence-corrected chi connectivity index (χ3v) is 6.78. The lowest BCUT2D eigenvalue weighted by molar-refractivity contribution is -0.109. The molecule has 1 amide bonds. The fraction of sp³-hybridized carbons (Fsp3) is 0.432. The summed E-state index contributed by atoms with van der Waals surface area (Å²) in [5, 5.41) is 2.67. The second-order valence-electron chi connectivity index (χ2n) is 9.28. The van der Waals surface area contributed by atoms with E-state index in [0.717, 1.165) is 53.8 Å². The molecule has 7 heteroatoms. The van der Waals surface area contributed by atoms with E-state index in [-0.39, 0.29) is 5.83 Å². The van der Waals surface area contributed by atoms with E-state index in [4.69, 9.17) is 4.74 Å². The van der Waals surface area contributed by atoms with Gasteiger partial charge in [0.05, 0.1) is 7.11 Å². The Morgan fingerprint density at radius 2 is 1.61 bits per heavy atom. The number of ether oxygens (including phenoxy) is 1. The molecule has 2 aromatic carbocycles. The number of rotatable bonds is 11. The minimum atomic E-state index is -0.242. The van der Waals surface area contributed by atoms with Crippen molar-refractivity contribution in [2.24, 2.45) is 0 Å². The van der Waals surface area contributed by atoms with E-state index in [1.54, 1.807) is 13.3 Å². The van der Waals surface area contributed by atoms with Crippen molar-refractivity contribution in [1.82, 2.24) is 10.2 Å². The van der Waals surface area contributed by atoms with Gasteiger partial charge in [0.15, 0.2) is 0 Å². The van der Waals surface area contributed by atoms with Gasteiger partial charge >= 0.3 is 0 Å². The Balaban J connectivity index is 0. The number of carbonyl (C=O) groups excluding carboxylic acids is 1. The van der Waals surface area contributed by atoms with E-state index in [2.05, 4.69) is 91.3 Å². The van der Waals surface area contributed by atoms with Crippen molar-refractivity contribution in [2.75, 3.05) is 29.5 Å². The maximum absolute atomic E-state index is 12.8. The first-order chi connectivity index (χ1) is 21.2. The van der Waals surface area contributed by atoms with Crippen molar-refractivity contribution in [3.63, 3.8) is 0 Å². The summed E-state index contributed by atoms with van der Waals surface area (Å²) < 4.78 is 18.9. The molecule has 246 valence electrons. The zero-order valence-electron chi connectivity index (χ0n) is 28.8. The zero-order valence-corrected chi connectivity index (χ0v) is 31.0. The summed E-state index contributed by atoms with van der Waals surface area (Å²) in [4.78, 5) is 14.5. The number of aryl methyl sites for hydroxylation is 1. The van der Waals surface area contributed by atoms with Crippen molar-refractivity contribution in [1.29, 1.82) is 0 Å². The number of anilines is 1. The lowest BCUT2D eigenvalue weighted by Gasteiger charge is -2.25. The van der Waals surface area contributed by atoms with Crippen LogP contribution in [-0.2, 0) is 11.3 Å². The zero-order chi connectivity index (χ0) is 33.9. The molecule has 0 unspecified atom stereocenters. The van der Waals surface area contributed by atoms with Crippen LogP contribution in [0.3, 0.4) is 0 Å². The number of hydrogen-bond acceptors (Lipinski definition) is 4. The van der Waals surface area contributed by atoms with Gasteiger partial charge in [-0.15, -0.1) is 0 Å². The SMILES string of the molecule is C=C1C=C(F)C=CN1/C(C)=C(\C)CC.CC.CC.CCCN(CCI)c1ccc(CNC=O)cc1.COc1ccc(C)cc1. The molecule has 0 saturated carbocycles. The fourth-order valence-electron chi connectivity index (χ4n) is 3.71. The predicted molar refractivity (Wildman–Crippen MR) is 199 cm³/mol. The van der Waals surface area contributed by atoms with Crippen molar-refractivity contribution < 1.29 is 13.9 Å². The van der Waals surface area contributed by atoms with Crippen LogP contribution in [0, 0.1) is 6.92 Å². The Morgan fingerprint density at radius 3 is 2.07 bits per heavy atom. The van der Waals surface area contributed by atoms with E-state index < -0.39 is 0 Å². The number of amides is 1. The van der Waals surface area contributed by atoms with Crippen molar-refractivity contribution in [2.45, 2.75) is 81.7 Å². The van der Waals surface area contributed by atoms with Gasteiger partial charge in [-0.05, 0) is 75.6 Å². The molecule has 1 aliphatic rings. The van der Waals surface area contributed by atoms with Gasteiger partial charge in [-0.25, -0.2) is 4.39 Å². The molecule has 44 heavy (non-hydrogen) atoms. The molecule has 1 N–H and O–H groups in total. The van der Waals surface area contributed by atoms with E-state index in [9.17, 15) is 9.18 Å². The van der Waals surface area contributed by atoms with Gasteiger partial charge in [0.1, 0.15) is 11.6 Å². The van der Waals surface area contributed by atoms with Crippen LogP contribution in [0.5, 0.6) is 5.75 Å². The minimum Gasteiger partial charge on any atom is -0.497 e. The Morgan fingerprint density at radius 1 is 1.02 bits per heavy atom. The Hall–Kier alpha value is -3.07. The van der Waals surface area contributed by atoms with E-state index in [0.29, 0.717) is 12.2 Å². The topological polar surface area (TPSA) is 44.8 Å². The molecule has 0 bridgehead atoms. The standard InChI is InChI=1S/C13H19IN2O.C12H16FN.C8H10O.2C2H6/c1-2-8-16(9-7-14)13-5-3-12(4-6-13)10-15-11-17;1-5-9(2)11(4)14-7-6-12(13)8-10(14)3;1-7-3-5-8(9-2)6-4-7;2*1-2/h3-6,11H,2,7-10H2,1H3,(H,15,17);6-8H,3,5H2,1-2,4H3;3-6H,1-2H3;2*1-2H3/b;11-9+;;;. The van der Waals surface area contributed by atoms with Crippen LogP contribution in [0.1, 0.15) is 79.4 Å². The quantitative estimate of drug-likeness (QED) is 0.143. The normalized spacial score (nSPS) is 11.8. The highest BCUT2D eigenvalue weighted by molar-refractivity contribution is 14.1. The summed E-state index contributed by atoms with van der Waals surface area (Å²) in [5.74, 6) is 0.675. The third kappa shape index (κ3) is 17.9. The van der Waals surface area contributed by atoms with Crippen LogP contribution >= 0.6 is 22.6 Å². The predicted octanol–water partition coefficient (Wildman–Crippen LogP) is 10.5. The Bertz CT molecular complexity index is 1120. The maximum atomic E-state index is 12.8. The Labute approximate surface area is 282 Å². The summed E-state index contributed by atoms with van der Waals surface area (Å²) >= 11 is 2.40. The molecule has 3 rings (SSSR count). The van der Waals surface area contributed by atoms with Crippen LogP contribution in [0.4, 0.5) is 10.1 Å². The number of halogens is 2. The molecule has 2 aromatic rings. The number of alkyl halides is 1. The maximum Gasteiger partial charge on any atom is 0.207 e. The number of nitrogens with zero attached hydrogens (tertiary/aromatic N) is 2. The summed E-state index contributed by atoms with van der Waals surface area (Å²) in [6.07, 6.45) is 7.48. The van der Waals surface area contributed by atoms with Crippen LogP contribution in [0.25, 0.3) is 0 Å². The number of nitrogens with one attached hydrogen (secondary N) is 1. The summed E-state index contributed by atoms with van der Waals surface area (Å²) in [5.41, 5.74) is 6.74. The number of methoxy groups -OCH3 is 1. The first-order valence-electron chi connectivity index (χ1n) is 15.6. The van der Waals surface area contributed by atoms with E-state index in [1.807, 2.05) is 63.8 Å². The molecule has 5 nitrogen and oxygen atoms in total. The monoisotopic (exact) mass is 721 g/mol. The van der Waals surface area contributed by atoms with Gasteiger partial charge in [-0.3, -0.25) is 4.79 Å².